The first-order chi connectivity index (χ1) is 25.6. The number of aromatic nitrogens is 2. The summed E-state index contributed by atoms with van der Waals surface area (Å²) in [5.74, 6) is -1.05. The third kappa shape index (κ3) is 7.13. The first kappa shape index (κ1) is 35.8. The molecule has 5 aromatic rings. The van der Waals surface area contributed by atoms with Crippen LogP contribution in [0.4, 0.5) is 4.79 Å². The maximum absolute atomic E-state index is 14.2. The van der Waals surface area contributed by atoms with Crippen LogP contribution < -0.4 is 5.56 Å². The molecule has 272 valence electrons. The predicted octanol–water partition coefficient (Wildman–Crippen LogP) is 7.94. The van der Waals surface area contributed by atoms with Crippen LogP contribution in [0.5, 0.6) is 0 Å². The number of fused-ring (bicyclic) bond motifs is 5. The zero-order chi connectivity index (χ0) is 37.2. The van der Waals surface area contributed by atoms with Gasteiger partial charge in [0.05, 0.1) is 41.2 Å². The third-order valence-electron chi connectivity index (χ3n) is 10.4. The van der Waals surface area contributed by atoms with Gasteiger partial charge in [-0.3, -0.25) is 4.79 Å². The van der Waals surface area contributed by atoms with Crippen molar-refractivity contribution in [1.82, 2.24) is 9.55 Å². The van der Waals surface area contributed by atoms with E-state index in [-0.39, 0.29) is 36.7 Å². The first-order valence-corrected chi connectivity index (χ1v) is 21.5. The molecule has 1 atom stereocenters. The van der Waals surface area contributed by atoms with Gasteiger partial charge in [-0.1, -0.05) is 98.8 Å². The lowest BCUT2D eigenvalue weighted by Gasteiger charge is -2.35. The third-order valence-corrected chi connectivity index (χ3v) is 13.7. The number of rotatable bonds is 12. The molecule has 0 saturated heterocycles. The van der Waals surface area contributed by atoms with Crippen LogP contribution in [0.1, 0.15) is 57.9 Å². The number of para-hydroxylation sites is 1. The van der Waals surface area contributed by atoms with Crippen LogP contribution in [0.15, 0.2) is 95.8 Å². The lowest BCUT2D eigenvalue weighted by atomic mass is 9.85. The van der Waals surface area contributed by atoms with Gasteiger partial charge in [0.25, 0.3) is 5.56 Å². The zero-order valence-corrected chi connectivity index (χ0v) is 31.2. The summed E-state index contributed by atoms with van der Waals surface area (Å²) in [5.41, 5.74) is 3.91. The van der Waals surface area contributed by atoms with Crippen LogP contribution in [0.25, 0.3) is 22.3 Å². The highest BCUT2D eigenvalue weighted by atomic mass is 28.3. The number of carbonyl (C=O) groups excluding carboxylic acids is 3. The van der Waals surface area contributed by atoms with Gasteiger partial charge in [0, 0.05) is 24.6 Å². The second kappa shape index (κ2) is 14.8. The molecule has 0 saturated carbocycles. The van der Waals surface area contributed by atoms with Gasteiger partial charge in [-0.15, -0.1) is 0 Å². The minimum absolute atomic E-state index is 0.0383. The van der Waals surface area contributed by atoms with Crippen molar-refractivity contribution >= 4 is 37.1 Å². The minimum Gasteiger partial charge on any atom is -0.462 e. The number of carbonyl (C=O) groups is 3. The fourth-order valence-electron chi connectivity index (χ4n) is 7.41. The molecule has 7 rings (SSSR count). The van der Waals surface area contributed by atoms with Crippen molar-refractivity contribution < 1.29 is 33.3 Å². The molecule has 2 aromatic heterocycles. The number of hydrogen-bond acceptors (Lipinski definition) is 9. The van der Waals surface area contributed by atoms with E-state index in [0.717, 1.165) is 52.5 Å². The Morgan fingerprint density at radius 2 is 1.62 bits per heavy atom. The molecule has 4 heterocycles. The Morgan fingerprint density at radius 3 is 2.38 bits per heavy atom. The monoisotopic (exact) mass is 730 g/mol. The Balaban J connectivity index is 1.15. The van der Waals surface area contributed by atoms with Crippen molar-refractivity contribution in [1.29, 1.82) is 0 Å². The van der Waals surface area contributed by atoms with Crippen molar-refractivity contribution in [2.75, 3.05) is 6.61 Å². The standard InChI is InChI=1S/C42H42N2O8Si/c1-4-42(52-41(48)51-26-28-14-7-5-8-15-28)34-24-36-37-32(25-44(36)38(45)33(34)27-50-40(42)47)30(31-18-11-12-19-35(31)43-37)20-23-53(2,3)22-13-21-49-39(46)29-16-9-6-10-17-29/h5-12,14-19,24H,4,13,20-23,25-27H2,1-3H3. The molecule has 53 heavy (non-hydrogen) atoms. The van der Waals surface area contributed by atoms with E-state index in [0.29, 0.717) is 35.7 Å². The molecule has 0 spiro atoms. The molecule has 0 fully saturated rings. The van der Waals surface area contributed by atoms with E-state index in [1.807, 2.05) is 66.7 Å². The minimum atomic E-state index is -1.86. The number of benzene rings is 3. The van der Waals surface area contributed by atoms with Crippen molar-refractivity contribution in [2.24, 2.45) is 0 Å². The van der Waals surface area contributed by atoms with E-state index in [1.54, 1.807) is 29.7 Å². The van der Waals surface area contributed by atoms with Gasteiger partial charge in [-0.2, -0.15) is 0 Å². The molecular weight excluding hydrogens is 689 g/mol. The SMILES string of the molecule is CCC1(OC(=O)OCc2ccccc2)C(=O)OCc2c1cc1n(c2=O)Cc2c-1nc1ccccc1c2CC[Si](C)(C)CCCOC(=O)c1ccccc1. The highest BCUT2D eigenvalue weighted by Gasteiger charge is 2.51. The number of esters is 2. The lowest BCUT2D eigenvalue weighted by molar-refractivity contribution is -0.175. The summed E-state index contributed by atoms with van der Waals surface area (Å²) in [6, 6.07) is 29.9. The van der Waals surface area contributed by atoms with Crippen LogP contribution >= 0.6 is 0 Å². The average molecular weight is 731 g/mol. The molecule has 0 bridgehead atoms. The van der Waals surface area contributed by atoms with Crippen molar-refractivity contribution in [3.05, 3.63) is 135 Å². The normalized spacial score (nSPS) is 15.9. The Morgan fingerprint density at radius 1 is 0.906 bits per heavy atom. The average Bonchev–Trinajstić information content (AvgIpc) is 3.54. The zero-order valence-electron chi connectivity index (χ0n) is 30.2. The van der Waals surface area contributed by atoms with Gasteiger partial charge in [-0.05, 0) is 54.7 Å². The first-order valence-electron chi connectivity index (χ1n) is 18.1. The Hall–Kier alpha value is -5.55. The number of hydrogen-bond donors (Lipinski definition) is 0. The molecule has 2 aliphatic rings. The van der Waals surface area contributed by atoms with E-state index in [2.05, 4.69) is 19.2 Å². The summed E-state index contributed by atoms with van der Waals surface area (Å²) in [6.07, 6.45) is 0.597. The number of cyclic esters (lactones) is 1. The molecule has 0 N–H and O–H groups in total. The van der Waals surface area contributed by atoms with Crippen molar-refractivity contribution in [3.8, 4) is 11.4 Å². The summed E-state index contributed by atoms with van der Waals surface area (Å²) in [7, 11) is -1.74. The number of ether oxygens (including phenoxy) is 4. The van der Waals surface area contributed by atoms with Gasteiger partial charge >= 0.3 is 18.1 Å². The van der Waals surface area contributed by atoms with Crippen molar-refractivity contribution in [3.63, 3.8) is 0 Å². The smallest absolute Gasteiger partial charge is 0.462 e. The van der Waals surface area contributed by atoms with Crippen LogP contribution in [0, 0.1) is 0 Å². The van der Waals surface area contributed by atoms with Crippen LogP contribution in [0.3, 0.4) is 0 Å². The Bertz CT molecular complexity index is 2250. The molecule has 0 amide bonds. The largest absolute Gasteiger partial charge is 0.510 e. The highest BCUT2D eigenvalue weighted by molar-refractivity contribution is 6.77. The van der Waals surface area contributed by atoms with E-state index in [1.165, 1.54) is 0 Å². The Kier molecular flexibility index (Phi) is 10.0. The molecule has 10 nitrogen and oxygen atoms in total. The number of pyridine rings is 2. The second-order valence-corrected chi connectivity index (χ2v) is 19.7. The van der Waals surface area contributed by atoms with E-state index in [9.17, 15) is 19.2 Å². The van der Waals surface area contributed by atoms with Gasteiger partial charge in [-0.25, -0.2) is 19.4 Å². The fraction of sp³-hybridized carbons (Fsp3) is 0.310. The Labute approximate surface area is 308 Å². The van der Waals surface area contributed by atoms with Gasteiger partial charge in [0.15, 0.2) is 0 Å². The second-order valence-electron chi connectivity index (χ2n) is 14.4. The summed E-state index contributed by atoms with van der Waals surface area (Å²) >= 11 is 0. The molecular formula is C42H42N2O8Si. The van der Waals surface area contributed by atoms with Crippen LogP contribution in [-0.4, -0.2) is 42.3 Å². The summed E-state index contributed by atoms with van der Waals surface area (Å²) < 4.78 is 24.0. The number of aryl methyl sites for hydroxylation is 1. The molecule has 0 aliphatic carbocycles. The summed E-state index contributed by atoms with van der Waals surface area (Å²) in [6.45, 7) is 6.86. The van der Waals surface area contributed by atoms with E-state index in [4.69, 9.17) is 23.9 Å². The van der Waals surface area contributed by atoms with Gasteiger partial charge in [0.1, 0.15) is 13.2 Å². The van der Waals surface area contributed by atoms with E-state index < -0.39 is 25.8 Å². The summed E-state index contributed by atoms with van der Waals surface area (Å²) in [5, 5.41) is 1.05. The molecule has 1 unspecified atom stereocenters. The van der Waals surface area contributed by atoms with E-state index >= 15 is 0 Å². The van der Waals surface area contributed by atoms with Gasteiger partial charge in [0.2, 0.25) is 5.60 Å². The van der Waals surface area contributed by atoms with Gasteiger partial charge < -0.3 is 23.5 Å². The predicted molar refractivity (Wildman–Crippen MR) is 202 cm³/mol. The fourth-order valence-corrected chi connectivity index (χ4v) is 9.68. The molecule has 2 aliphatic heterocycles. The van der Waals surface area contributed by atoms with Crippen LogP contribution in [-0.2, 0) is 55.5 Å². The topological polar surface area (TPSA) is 123 Å². The lowest BCUT2D eigenvalue weighted by Crippen LogP contribution is -2.47. The molecule has 0 radical (unpaired) electrons. The quantitative estimate of drug-likeness (QED) is 0.0535. The molecule has 3 aromatic carbocycles. The van der Waals surface area contributed by atoms with Crippen LogP contribution in [0.2, 0.25) is 25.2 Å². The maximum Gasteiger partial charge on any atom is 0.510 e. The number of nitrogens with zero attached hydrogens (tertiary/aromatic N) is 2. The highest BCUT2D eigenvalue weighted by Crippen LogP contribution is 2.42. The summed E-state index contributed by atoms with van der Waals surface area (Å²) in [4.78, 5) is 58.3. The van der Waals surface area contributed by atoms with Crippen molar-refractivity contribution in [2.45, 2.75) is 76.7 Å². The molecule has 11 heteroatoms. The maximum atomic E-state index is 14.2.